The van der Waals surface area contributed by atoms with Gasteiger partial charge in [0.05, 0.1) is 4.91 Å². The number of hydrogen-bond donors (Lipinski definition) is 2. The van der Waals surface area contributed by atoms with E-state index in [0.717, 1.165) is 69.5 Å². The maximum Gasteiger partial charge on any atom is 0.289 e. The van der Waals surface area contributed by atoms with Gasteiger partial charge in [-0.3, -0.25) is 4.79 Å². The number of phenolic OH excluding ortho intramolecular Hbond substituents is 1. The highest BCUT2D eigenvalue weighted by molar-refractivity contribution is 8.19. The van der Waals surface area contributed by atoms with Gasteiger partial charge in [-0.1, -0.05) is 42.5 Å². The third-order valence-corrected chi connectivity index (χ3v) is 7.31. The average Bonchev–Trinajstić information content (AvgIpc) is 3.43. The molecule has 36 heavy (non-hydrogen) atoms. The van der Waals surface area contributed by atoms with Crippen LogP contribution in [0.5, 0.6) is 5.75 Å². The number of anilines is 1. The number of phenols is 1. The van der Waals surface area contributed by atoms with Crippen LogP contribution in [0.25, 0.3) is 22.8 Å². The summed E-state index contributed by atoms with van der Waals surface area (Å²) in [4.78, 5) is 16.4. The van der Waals surface area contributed by atoms with Crippen molar-refractivity contribution in [3.8, 4) is 11.4 Å². The number of thioether (sulfide) groups is 1. The van der Waals surface area contributed by atoms with Gasteiger partial charge in [-0.15, -0.1) is 15.0 Å². The standard InChI is InChI=1S/C27H25N5O2S2/c1-17-14-19(25(33)23(15-17)32-29-21-7-3-4-8-22(21)30-32)6-5-13-31(2)20-11-9-18(10-12-20)16-24-26(35)28-27(34)36-24/h3-4,7-12,14-16,33H,5-6,13H2,1-2H3,(H,28,34,35)/b24-16-. The number of amides is 1. The number of aromatic hydroxyl groups is 1. The lowest BCUT2D eigenvalue weighted by Crippen LogP contribution is -2.19. The van der Waals surface area contributed by atoms with E-state index in [0.29, 0.717) is 10.7 Å². The lowest BCUT2D eigenvalue weighted by atomic mass is 10.0. The van der Waals surface area contributed by atoms with Crippen LogP contribution in [0, 0.1) is 6.92 Å². The number of hydrogen-bond acceptors (Lipinski definition) is 7. The molecule has 4 aromatic rings. The van der Waals surface area contributed by atoms with Crippen molar-refractivity contribution in [1.29, 1.82) is 0 Å². The van der Waals surface area contributed by atoms with Crippen LogP contribution >= 0.6 is 24.0 Å². The van der Waals surface area contributed by atoms with Crippen molar-refractivity contribution in [3.05, 3.63) is 82.3 Å². The summed E-state index contributed by atoms with van der Waals surface area (Å²) in [7, 11) is 2.05. The largest absolute Gasteiger partial charge is 0.505 e. The molecule has 7 nitrogen and oxygen atoms in total. The number of aromatic nitrogens is 3. The van der Waals surface area contributed by atoms with Crippen molar-refractivity contribution < 1.29 is 9.90 Å². The smallest absolute Gasteiger partial charge is 0.289 e. The molecule has 0 aliphatic carbocycles. The van der Waals surface area contributed by atoms with Crippen molar-refractivity contribution in [1.82, 2.24) is 20.3 Å². The lowest BCUT2D eigenvalue weighted by Gasteiger charge is -2.20. The zero-order chi connectivity index (χ0) is 25.2. The summed E-state index contributed by atoms with van der Waals surface area (Å²) >= 11 is 6.30. The number of nitrogens with zero attached hydrogens (tertiary/aromatic N) is 4. The third kappa shape index (κ3) is 5.12. The first-order valence-electron chi connectivity index (χ1n) is 11.6. The molecular weight excluding hydrogens is 490 g/mol. The van der Waals surface area contributed by atoms with Gasteiger partial charge in [-0.2, -0.15) is 0 Å². The van der Waals surface area contributed by atoms with Crippen LogP contribution in [-0.2, 0) is 6.42 Å². The Kier molecular flexibility index (Phi) is 6.75. The summed E-state index contributed by atoms with van der Waals surface area (Å²) in [6, 6.07) is 19.7. The first-order chi connectivity index (χ1) is 17.4. The molecule has 0 atom stereocenters. The summed E-state index contributed by atoms with van der Waals surface area (Å²) < 4.78 is 0. The molecule has 2 heterocycles. The van der Waals surface area contributed by atoms with Gasteiger partial charge in [-0.25, -0.2) is 0 Å². The van der Waals surface area contributed by atoms with Crippen molar-refractivity contribution in [3.63, 3.8) is 0 Å². The van der Waals surface area contributed by atoms with E-state index in [4.69, 9.17) is 12.2 Å². The van der Waals surface area contributed by atoms with Crippen LogP contribution in [0.4, 0.5) is 10.5 Å². The molecule has 0 radical (unpaired) electrons. The van der Waals surface area contributed by atoms with E-state index in [1.54, 1.807) is 0 Å². The molecule has 1 fully saturated rings. The van der Waals surface area contributed by atoms with Crippen LogP contribution in [-0.4, -0.2) is 43.9 Å². The molecule has 5 rings (SSSR count). The maximum atomic E-state index is 11.5. The Labute approximate surface area is 218 Å². The highest BCUT2D eigenvalue weighted by atomic mass is 32.2. The molecule has 1 aliphatic rings. The topological polar surface area (TPSA) is 83.3 Å². The normalized spacial score (nSPS) is 14.6. The van der Waals surface area contributed by atoms with Gasteiger partial charge in [-0.05, 0) is 84.6 Å². The Hall–Kier alpha value is -3.69. The first kappa shape index (κ1) is 24.0. The number of aryl methyl sites for hydroxylation is 2. The van der Waals surface area contributed by atoms with Crippen LogP contribution in [0.1, 0.15) is 23.1 Å². The number of rotatable bonds is 7. The third-order valence-electron chi connectivity index (χ3n) is 6.03. The van der Waals surface area contributed by atoms with Crippen LogP contribution in [0.15, 0.2) is 65.6 Å². The zero-order valence-corrected chi connectivity index (χ0v) is 21.6. The van der Waals surface area contributed by atoms with E-state index >= 15 is 0 Å². The number of carbonyl (C=O) groups is 1. The molecule has 9 heteroatoms. The van der Waals surface area contributed by atoms with Crippen molar-refractivity contribution in [2.75, 3.05) is 18.5 Å². The van der Waals surface area contributed by atoms with Gasteiger partial charge in [0, 0.05) is 19.3 Å². The minimum atomic E-state index is -0.135. The van der Waals surface area contributed by atoms with Crippen LogP contribution in [0.3, 0.4) is 0 Å². The first-order valence-corrected chi connectivity index (χ1v) is 12.8. The molecule has 0 spiro atoms. The van der Waals surface area contributed by atoms with Gasteiger partial charge in [0.2, 0.25) is 0 Å². The highest BCUT2D eigenvalue weighted by Gasteiger charge is 2.21. The second-order valence-electron chi connectivity index (χ2n) is 8.74. The van der Waals surface area contributed by atoms with E-state index in [1.807, 2.05) is 61.5 Å². The summed E-state index contributed by atoms with van der Waals surface area (Å²) in [5.41, 5.74) is 6.19. The number of fused-ring (bicyclic) bond motifs is 1. The number of thiocarbonyl (C=S) groups is 1. The molecule has 0 bridgehead atoms. The molecule has 1 amide bonds. The summed E-state index contributed by atoms with van der Waals surface area (Å²) in [6.07, 6.45) is 3.52. The predicted molar refractivity (Wildman–Crippen MR) is 150 cm³/mol. The molecule has 1 aliphatic heterocycles. The van der Waals surface area contributed by atoms with E-state index in [1.165, 1.54) is 4.80 Å². The van der Waals surface area contributed by atoms with Gasteiger partial charge in [0.1, 0.15) is 27.5 Å². The maximum absolute atomic E-state index is 11.5. The zero-order valence-electron chi connectivity index (χ0n) is 19.9. The minimum absolute atomic E-state index is 0.135. The molecule has 0 saturated carbocycles. The van der Waals surface area contributed by atoms with Crippen molar-refractivity contribution >= 4 is 57.0 Å². The monoisotopic (exact) mass is 515 g/mol. The molecule has 1 saturated heterocycles. The van der Waals surface area contributed by atoms with E-state index in [9.17, 15) is 9.90 Å². The van der Waals surface area contributed by atoms with Crippen molar-refractivity contribution in [2.45, 2.75) is 19.8 Å². The Morgan fingerprint density at radius 1 is 1.11 bits per heavy atom. The molecule has 2 N–H and O–H groups in total. The van der Waals surface area contributed by atoms with E-state index in [2.05, 4.69) is 39.6 Å². The number of nitrogens with one attached hydrogen (secondary N) is 1. The van der Waals surface area contributed by atoms with Gasteiger partial charge in [0.25, 0.3) is 5.24 Å². The number of carbonyl (C=O) groups excluding carboxylic acids is 1. The molecule has 1 aromatic heterocycles. The number of benzene rings is 3. The second-order valence-corrected chi connectivity index (χ2v) is 10.2. The minimum Gasteiger partial charge on any atom is -0.505 e. The Balaban J connectivity index is 1.24. The molecule has 0 unspecified atom stereocenters. The molecule has 3 aromatic carbocycles. The predicted octanol–water partition coefficient (Wildman–Crippen LogP) is 5.63. The van der Waals surface area contributed by atoms with Crippen molar-refractivity contribution in [2.24, 2.45) is 0 Å². The fourth-order valence-corrected chi connectivity index (χ4v) is 5.21. The Bertz CT molecular complexity index is 1460. The molecular formula is C27H25N5O2S2. The van der Waals surface area contributed by atoms with Gasteiger partial charge in [0.15, 0.2) is 0 Å². The lowest BCUT2D eigenvalue weighted by molar-refractivity contribution is 0.265. The fourth-order valence-electron chi connectivity index (χ4n) is 4.18. The van der Waals surface area contributed by atoms with Gasteiger partial charge < -0.3 is 15.3 Å². The Morgan fingerprint density at radius 3 is 2.44 bits per heavy atom. The highest BCUT2D eigenvalue weighted by Crippen LogP contribution is 2.30. The van der Waals surface area contributed by atoms with Gasteiger partial charge >= 0.3 is 0 Å². The quantitative estimate of drug-likeness (QED) is 0.244. The van der Waals surface area contributed by atoms with E-state index < -0.39 is 0 Å². The second kappa shape index (κ2) is 10.1. The average molecular weight is 516 g/mol. The fraction of sp³-hybridized carbons (Fsp3) is 0.185. The van der Waals surface area contributed by atoms with Crippen LogP contribution in [0.2, 0.25) is 0 Å². The SMILES string of the molecule is Cc1cc(CCCN(C)c2ccc(/C=C3\SC(=O)NC3=S)cc2)c(O)c(-n2nc3ccccc3n2)c1. The summed E-state index contributed by atoms with van der Waals surface area (Å²) in [6.45, 7) is 2.84. The molecule has 182 valence electrons. The van der Waals surface area contributed by atoms with E-state index in [-0.39, 0.29) is 11.0 Å². The van der Waals surface area contributed by atoms with Crippen LogP contribution < -0.4 is 10.2 Å². The Morgan fingerprint density at radius 2 is 1.81 bits per heavy atom. The summed E-state index contributed by atoms with van der Waals surface area (Å²) in [5, 5.41) is 22.5. The summed E-state index contributed by atoms with van der Waals surface area (Å²) in [5.74, 6) is 0.219.